The van der Waals surface area contributed by atoms with Crippen molar-refractivity contribution in [2.24, 2.45) is 0 Å². The highest BCUT2D eigenvalue weighted by Gasteiger charge is 2.14. The SMILES string of the molecule is Cc1ccc(NC(=O)c2cc(Cl)ccc2O)c(OCCc2ccccc2)c1. The minimum Gasteiger partial charge on any atom is -0.507 e. The first-order chi connectivity index (χ1) is 13.0. The van der Waals surface area contributed by atoms with E-state index in [1.807, 2.05) is 49.4 Å². The zero-order valence-corrected chi connectivity index (χ0v) is 15.7. The maximum Gasteiger partial charge on any atom is 0.259 e. The van der Waals surface area contributed by atoms with Crippen LogP contribution in [0.5, 0.6) is 11.5 Å². The van der Waals surface area contributed by atoms with Crippen molar-refractivity contribution in [1.29, 1.82) is 0 Å². The number of amides is 1. The number of anilines is 1. The molecule has 27 heavy (non-hydrogen) atoms. The summed E-state index contributed by atoms with van der Waals surface area (Å²) >= 11 is 5.93. The highest BCUT2D eigenvalue weighted by molar-refractivity contribution is 6.31. The van der Waals surface area contributed by atoms with Gasteiger partial charge in [0.1, 0.15) is 11.5 Å². The average molecular weight is 382 g/mol. The lowest BCUT2D eigenvalue weighted by Crippen LogP contribution is -2.14. The van der Waals surface area contributed by atoms with Crippen molar-refractivity contribution in [3.8, 4) is 11.5 Å². The van der Waals surface area contributed by atoms with Crippen LogP contribution in [0.1, 0.15) is 21.5 Å². The molecule has 0 unspecified atom stereocenters. The molecule has 0 spiro atoms. The summed E-state index contributed by atoms with van der Waals surface area (Å²) in [7, 11) is 0. The maximum absolute atomic E-state index is 12.5. The third-order valence-electron chi connectivity index (χ3n) is 4.08. The highest BCUT2D eigenvalue weighted by atomic mass is 35.5. The molecule has 3 aromatic carbocycles. The minimum absolute atomic E-state index is 0.110. The smallest absolute Gasteiger partial charge is 0.259 e. The van der Waals surface area contributed by atoms with E-state index >= 15 is 0 Å². The summed E-state index contributed by atoms with van der Waals surface area (Å²) in [5, 5.41) is 13.1. The van der Waals surface area contributed by atoms with Crippen LogP contribution in [0.4, 0.5) is 5.69 Å². The van der Waals surface area contributed by atoms with E-state index < -0.39 is 5.91 Å². The van der Waals surface area contributed by atoms with Crippen molar-refractivity contribution in [2.75, 3.05) is 11.9 Å². The van der Waals surface area contributed by atoms with E-state index in [4.69, 9.17) is 16.3 Å². The molecule has 0 aliphatic heterocycles. The van der Waals surface area contributed by atoms with Gasteiger partial charge >= 0.3 is 0 Å². The molecule has 0 bridgehead atoms. The molecule has 1 amide bonds. The fourth-order valence-electron chi connectivity index (χ4n) is 2.66. The third-order valence-corrected chi connectivity index (χ3v) is 4.31. The fraction of sp³-hybridized carbons (Fsp3) is 0.136. The first kappa shape index (κ1) is 18.8. The number of carbonyl (C=O) groups excluding carboxylic acids is 1. The van der Waals surface area contributed by atoms with Crippen molar-refractivity contribution >= 4 is 23.2 Å². The van der Waals surface area contributed by atoms with E-state index in [-0.39, 0.29) is 11.3 Å². The van der Waals surface area contributed by atoms with Gasteiger partial charge in [-0.15, -0.1) is 0 Å². The Balaban J connectivity index is 1.73. The molecule has 0 aliphatic carbocycles. The van der Waals surface area contributed by atoms with Gasteiger partial charge in [0.05, 0.1) is 17.9 Å². The van der Waals surface area contributed by atoms with E-state index in [1.54, 1.807) is 6.07 Å². The van der Waals surface area contributed by atoms with E-state index in [9.17, 15) is 9.90 Å². The minimum atomic E-state index is -0.452. The first-order valence-corrected chi connectivity index (χ1v) is 8.98. The van der Waals surface area contributed by atoms with Crippen LogP contribution in [0.3, 0.4) is 0 Å². The molecular weight excluding hydrogens is 362 g/mol. The molecule has 0 fully saturated rings. The van der Waals surface area contributed by atoms with Crippen LogP contribution in [0.25, 0.3) is 0 Å². The van der Waals surface area contributed by atoms with Gasteiger partial charge in [-0.1, -0.05) is 48.0 Å². The Hall–Kier alpha value is -2.98. The number of hydrogen-bond acceptors (Lipinski definition) is 3. The molecule has 4 nitrogen and oxygen atoms in total. The van der Waals surface area contributed by atoms with E-state index in [2.05, 4.69) is 5.32 Å². The van der Waals surface area contributed by atoms with Gasteiger partial charge in [0, 0.05) is 11.4 Å². The summed E-state index contributed by atoms with van der Waals surface area (Å²) < 4.78 is 5.91. The lowest BCUT2D eigenvalue weighted by Gasteiger charge is -2.14. The Morgan fingerprint density at radius 1 is 1.07 bits per heavy atom. The van der Waals surface area contributed by atoms with Crippen LogP contribution in [0, 0.1) is 6.92 Å². The monoisotopic (exact) mass is 381 g/mol. The second-order valence-electron chi connectivity index (χ2n) is 6.20. The molecule has 3 rings (SSSR count). The van der Waals surface area contributed by atoms with Crippen LogP contribution >= 0.6 is 11.6 Å². The Labute approximate surface area is 163 Å². The summed E-state index contributed by atoms with van der Waals surface area (Å²) in [5.74, 6) is 0.00289. The lowest BCUT2D eigenvalue weighted by molar-refractivity contribution is 0.102. The molecule has 5 heteroatoms. The van der Waals surface area contributed by atoms with Crippen LogP contribution in [-0.2, 0) is 6.42 Å². The summed E-state index contributed by atoms with van der Waals surface area (Å²) in [5.41, 5.74) is 2.85. The molecule has 2 N–H and O–H groups in total. The number of halogens is 1. The van der Waals surface area contributed by atoms with Crippen LogP contribution in [0.2, 0.25) is 5.02 Å². The Kier molecular flexibility index (Phi) is 5.99. The second kappa shape index (κ2) is 8.60. The Morgan fingerprint density at radius 3 is 2.63 bits per heavy atom. The number of ether oxygens (including phenoxy) is 1. The number of hydrogen-bond donors (Lipinski definition) is 2. The van der Waals surface area contributed by atoms with Crippen molar-refractivity contribution < 1.29 is 14.6 Å². The topological polar surface area (TPSA) is 58.6 Å². The predicted octanol–water partition coefficient (Wildman–Crippen LogP) is 5.23. The summed E-state index contributed by atoms with van der Waals surface area (Å²) in [6, 6.07) is 19.9. The molecule has 0 aromatic heterocycles. The number of rotatable bonds is 6. The summed E-state index contributed by atoms with van der Waals surface area (Å²) in [6.45, 7) is 2.44. The fourth-order valence-corrected chi connectivity index (χ4v) is 2.83. The van der Waals surface area contributed by atoms with Crippen molar-refractivity contribution in [1.82, 2.24) is 0 Å². The molecule has 138 valence electrons. The van der Waals surface area contributed by atoms with Crippen molar-refractivity contribution in [3.05, 3.63) is 88.4 Å². The van der Waals surface area contributed by atoms with E-state index in [0.717, 1.165) is 12.0 Å². The van der Waals surface area contributed by atoms with Gasteiger partial charge in [0.25, 0.3) is 5.91 Å². The first-order valence-electron chi connectivity index (χ1n) is 8.60. The molecule has 0 saturated carbocycles. The Morgan fingerprint density at radius 2 is 1.85 bits per heavy atom. The van der Waals surface area contributed by atoms with Gasteiger partial charge in [-0.25, -0.2) is 0 Å². The summed E-state index contributed by atoms with van der Waals surface area (Å²) in [6.07, 6.45) is 0.761. The predicted molar refractivity (Wildman–Crippen MR) is 108 cm³/mol. The third kappa shape index (κ3) is 5.02. The molecule has 3 aromatic rings. The quantitative estimate of drug-likeness (QED) is 0.614. The molecule has 0 saturated heterocycles. The van der Waals surface area contributed by atoms with E-state index in [1.165, 1.54) is 23.8 Å². The molecule has 0 atom stereocenters. The van der Waals surface area contributed by atoms with Gasteiger partial charge in [-0.2, -0.15) is 0 Å². The van der Waals surface area contributed by atoms with Gasteiger partial charge in [-0.05, 0) is 48.4 Å². The zero-order valence-electron chi connectivity index (χ0n) is 14.9. The van der Waals surface area contributed by atoms with Crippen molar-refractivity contribution in [2.45, 2.75) is 13.3 Å². The van der Waals surface area contributed by atoms with Gasteiger partial charge in [0.15, 0.2) is 0 Å². The standard InChI is InChI=1S/C22H20ClNO3/c1-15-7-9-19(24-22(26)18-14-17(23)8-10-20(18)25)21(13-15)27-12-11-16-5-3-2-4-6-16/h2-10,13-14,25H,11-12H2,1H3,(H,24,26). The number of benzene rings is 3. The second-order valence-corrected chi connectivity index (χ2v) is 6.64. The van der Waals surface area contributed by atoms with Crippen molar-refractivity contribution in [3.63, 3.8) is 0 Å². The highest BCUT2D eigenvalue weighted by Crippen LogP contribution is 2.28. The van der Waals surface area contributed by atoms with Crippen LogP contribution in [0.15, 0.2) is 66.7 Å². The zero-order chi connectivity index (χ0) is 19.2. The average Bonchev–Trinajstić information content (AvgIpc) is 2.66. The number of nitrogens with one attached hydrogen (secondary N) is 1. The van der Waals surface area contributed by atoms with Gasteiger partial charge in [-0.3, -0.25) is 4.79 Å². The summed E-state index contributed by atoms with van der Waals surface area (Å²) in [4.78, 5) is 12.5. The number of phenolic OH excluding ortho intramolecular Hbond substituents is 1. The van der Waals surface area contributed by atoms with E-state index in [0.29, 0.717) is 23.1 Å². The normalized spacial score (nSPS) is 10.4. The number of carbonyl (C=O) groups is 1. The molecule has 0 heterocycles. The molecular formula is C22H20ClNO3. The molecule has 0 radical (unpaired) electrons. The van der Waals surface area contributed by atoms with Gasteiger partial charge in [0.2, 0.25) is 0 Å². The van der Waals surface area contributed by atoms with Crippen LogP contribution in [-0.4, -0.2) is 17.6 Å². The number of aromatic hydroxyl groups is 1. The largest absolute Gasteiger partial charge is 0.507 e. The molecule has 0 aliphatic rings. The number of phenols is 1. The lowest BCUT2D eigenvalue weighted by atomic mass is 10.1. The maximum atomic E-state index is 12.5. The van der Waals surface area contributed by atoms with Crippen LogP contribution < -0.4 is 10.1 Å². The van der Waals surface area contributed by atoms with Gasteiger partial charge < -0.3 is 15.2 Å². The Bertz CT molecular complexity index is 942. The number of aryl methyl sites for hydroxylation is 1.